The maximum absolute atomic E-state index is 6.18. The van der Waals surface area contributed by atoms with Gasteiger partial charge in [0.15, 0.2) is 0 Å². The Morgan fingerprint density at radius 3 is 2.79 bits per heavy atom. The molecule has 0 radical (unpaired) electrons. The number of nitrogens with zero attached hydrogens (tertiary/aromatic N) is 3. The van der Waals surface area contributed by atoms with Gasteiger partial charge in [0, 0.05) is 31.2 Å². The summed E-state index contributed by atoms with van der Waals surface area (Å²) in [6.07, 6.45) is 1.06. The third kappa shape index (κ3) is 4.66. The van der Waals surface area contributed by atoms with Crippen LogP contribution in [0.25, 0.3) is 11.0 Å². The zero-order valence-electron chi connectivity index (χ0n) is 16.2. The summed E-state index contributed by atoms with van der Waals surface area (Å²) in [7, 11) is 0. The zero-order valence-corrected chi connectivity index (χ0v) is 17.0. The van der Waals surface area contributed by atoms with Crippen LogP contribution in [0.3, 0.4) is 0 Å². The molecule has 0 unspecified atom stereocenters. The molecule has 2 heterocycles. The summed E-state index contributed by atoms with van der Waals surface area (Å²) in [6.45, 7) is 8.18. The van der Waals surface area contributed by atoms with E-state index in [1.165, 1.54) is 5.56 Å². The summed E-state index contributed by atoms with van der Waals surface area (Å²) in [5.74, 6) is 1.80. The van der Waals surface area contributed by atoms with Crippen LogP contribution in [0, 0.1) is 6.92 Å². The minimum absolute atomic E-state index is 0.438. The summed E-state index contributed by atoms with van der Waals surface area (Å²) in [6, 6.07) is 14.0. The molecular weight excluding hydrogens is 374 g/mol. The van der Waals surface area contributed by atoms with Gasteiger partial charge in [0.25, 0.3) is 0 Å². The summed E-state index contributed by atoms with van der Waals surface area (Å²) < 4.78 is 13.7. The number of morpholine rings is 1. The van der Waals surface area contributed by atoms with Gasteiger partial charge in [0.1, 0.15) is 18.2 Å². The number of halogens is 1. The fourth-order valence-corrected chi connectivity index (χ4v) is 3.81. The Balaban J connectivity index is 1.49. The molecule has 4 rings (SSSR count). The van der Waals surface area contributed by atoms with Crippen molar-refractivity contribution in [3.05, 3.63) is 58.9 Å². The van der Waals surface area contributed by atoms with E-state index >= 15 is 0 Å². The molecule has 0 bridgehead atoms. The number of ether oxygens (including phenoxy) is 2. The lowest BCUT2D eigenvalue weighted by molar-refractivity contribution is 0.0369. The van der Waals surface area contributed by atoms with Gasteiger partial charge in [-0.25, -0.2) is 4.98 Å². The van der Waals surface area contributed by atoms with Crippen LogP contribution >= 0.6 is 11.6 Å². The molecule has 3 aromatic rings. The van der Waals surface area contributed by atoms with Crippen LogP contribution < -0.4 is 4.74 Å². The zero-order chi connectivity index (χ0) is 19.3. The number of rotatable bonds is 7. The Morgan fingerprint density at radius 2 is 1.96 bits per heavy atom. The first kappa shape index (κ1) is 19.2. The Kier molecular flexibility index (Phi) is 6.15. The van der Waals surface area contributed by atoms with Crippen molar-refractivity contribution in [1.82, 2.24) is 14.5 Å². The van der Waals surface area contributed by atoms with Crippen LogP contribution in [-0.2, 0) is 17.9 Å². The second-order valence-corrected chi connectivity index (χ2v) is 7.66. The van der Waals surface area contributed by atoms with Gasteiger partial charge in [-0.05, 0) is 49.2 Å². The topological polar surface area (TPSA) is 39.5 Å². The summed E-state index contributed by atoms with van der Waals surface area (Å²) in [5, 5.41) is 0.705. The Hall–Kier alpha value is -2.08. The normalized spacial score (nSPS) is 15.2. The van der Waals surface area contributed by atoms with Crippen molar-refractivity contribution in [2.24, 2.45) is 0 Å². The maximum atomic E-state index is 6.18. The first-order valence-corrected chi connectivity index (χ1v) is 10.2. The van der Waals surface area contributed by atoms with E-state index in [0.29, 0.717) is 11.6 Å². The fourth-order valence-electron chi connectivity index (χ4n) is 3.64. The minimum atomic E-state index is 0.438. The highest BCUT2D eigenvalue weighted by molar-refractivity contribution is 6.31. The average molecular weight is 400 g/mol. The number of benzene rings is 2. The third-order valence-corrected chi connectivity index (χ3v) is 5.34. The van der Waals surface area contributed by atoms with Crippen LogP contribution in [0.15, 0.2) is 42.5 Å². The van der Waals surface area contributed by atoms with Crippen molar-refractivity contribution in [2.75, 3.05) is 32.8 Å². The third-order valence-electron chi connectivity index (χ3n) is 5.11. The quantitative estimate of drug-likeness (QED) is 0.593. The number of imidazole rings is 1. The van der Waals surface area contributed by atoms with Gasteiger partial charge in [0.05, 0.1) is 24.2 Å². The molecule has 2 aromatic carbocycles. The summed E-state index contributed by atoms with van der Waals surface area (Å²) >= 11 is 6.18. The van der Waals surface area contributed by atoms with E-state index in [-0.39, 0.29) is 0 Å². The number of hydrogen-bond acceptors (Lipinski definition) is 4. The molecular formula is C22H26ClN3O2. The van der Waals surface area contributed by atoms with E-state index < -0.39 is 0 Å². The number of fused-ring (bicyclic) bond motifs is 1. The molecule has 1 saturated heterocycles. The molecule has 1 aromatic heterocycles. The highest BCUT2D eigenvalue weighted by atomic mass is 35.5. The van der Waals surface area contributed by atoms with Crippen LogP contribution in [0.2, 0.25) is 5.02 Å². The van der Waals surface area contributed by atoms with Gasteiger partial charge in [-0.3, -0.25) is 4.90 Å². The van der Waals surface area contributed by atoms with E-state index in [1.807, 2.05) is 30.3 Å². The monoisotopic (exact) mass is 399 g/mol. The maximum Gasteiger partial charge on any atom is 0.147 e. The van der Waals surface area contributed by atoms with E-state index in [2.05, 4.69) is 28.5 Å². The van der Waals surface area contributed by atoms with E-state index in [0.717, 1.165) is 68.4 Å². The summed E-state index contributed by atoms with van der Waals surface area (Å²) in [5.41, 5.74) is 3.21. The molecule has 1 fully saturated rings. The lowest BCUT2D eigenvalue weighted by Gasteiger charge is -2.26. The predicted octanol–water partition coefficient (Wildman–Crippen LogP) is 4.30. The van der Waals surface area contributed by atoms with E-state index in [9.17, 15) is 0 Å². The fraction of sp³-hybridized carbons (Fsp3) is 0.409. The lowest BCUT2D eigenvalue weighted by Crippen LogP contribution is -2.37. The van der Waals surface area contributed by atoms with Gasteiger partial charge in [0.2, 0.25) is 0 Å². The van der Waals surface area contributed by atoms with E-state index in [4.69, 9.17) is 26.1 Å². The van der Waals surface area contributed by atoms with Crippen molar-refractivity contribution in [3.63, 3.8) is 0 Å². The highest BCUT2D eigenvalue weighted by Crippen LogP contribution is 2.22. The molecule has 5 nitrogen and oxygen atoms in total. The second kappa shape index (κ2) is 8.95. The molecule has 0 aliphatic carbocycles. The SMILES string of the molecule is Cc1cccc(OCc2nc3cc(Cl)ccc3n2CCCN2CCOCC2)c1. The minimum Gasteiger partial charge on any atom is -0.486 e. The largest absolute Gasteiger partial charge is 0.486 e. The molecule has 0 spiro atoms. The summed E-state index contributed by atoms with van der Waals surface area (Å²) in [4.78, 5) is 7.26. The predicted molar refractivity (Wildman–Crippen MR) is 112 cm³/mol. The average Bonchev–Trinajstić information content (AvgIpc) is 3.04. The standard InChI is InChI=1S/C22H26ClN3O2/c1-17-4-2-5-19(14-17)28-16-22-24-20-15-18(23)6-7-21(20)26(22)9-3-8-25-10-12-27-13-11-25/h2,4-7,14-15H,3,8-13,16H2,1H3. The van der Waals surface area contributed by atoms with Gasteiger partial charge < -0.3 is 14.0 Å². The van der Waals surface area contributed by atoms with Gasteiger partial charge in [-0.2, -0.15) is 0 Å². The van der Waals surface area contributed by atoms with Gasteiger partial charge in [-0.1, -0.05) is 23.7 Å². The van der Waals surface area contributed by atoms with Crippen LogP contribution in [0.5, 0.6) is 5.75 Å². The van der Waals surface area contributed by atoms with Crippen molar-refractivity contribution in [1.29, 1.82) is 0 Å². The first-order chi connectivity index (χ1) is 13.7. The Bertz CT molecular complexity index is 935. The molecule has 0 atom stereocenters. The molecule has 1 aliphatic rings. The molecule has 6 heteroatoms. The van der Waals surface area contributed by atoms with Crippen molar-refractivity contribution < 1.29 is 9.47 Å². The van der Waals surface area contributed by atoms with Crippen LogP contribution in [0.1, 0.15) is 17.8 Å². The lowest BCUT2D eigenvalue weighted by atomic mass is 10.2. The highest BCUT2D eigenvalue weighted by Gasteiger charge is 2.14. The molecule has 148 valence electrons. The molecule has 0 saturated carbocycles. The molecule has 28 heavy (non-hydrogen) atoms. The van der Waals surface area contributed by atoms with Gasteiger partial charge >= 0.3 is 0 Å². The van der Waals surface area contributed by atoms with Crippen LogP contribution in [-0.4, -0.2) is 47.3 Å². The van der Waals surface area contributed by atoms with Crippen LogP contribution in [0.4, 0.5) is 0 Å². The van der Waals surface area contributed by atoms with Crippen molar-refractivity contribution in [2.45, 2.75) is 26.5 Å². The van der Waals surface area contributed by atoms with Gasteiger partial charge in [-0.15, -0.1) is 0 Å². The second-order valence-electron chi connectivity index (χ2n) is 7.23. The number of hydrogen-bond donors (Lipinski definition) is 0. The molecule has 0 N–H and O–H groups in total. The Morgan fingerprint density at radius 1 is 1.11 bits per heavy atom. The van der Waals surface area contributed by atoms with Crippen molar-refractivity contribution in [3.8, 4) is 5.75 Å². The number of aromatic nitrogens is 2. The van der Waals surface area contributed by atoms with E-state index in [1.54, 1.807) is 0 Å². The Labute approximate surface area is 170 Å². The molecule has 1 aliphatic heterocycles. The number of aryl methyl sites for hydroxylation is 2. The first-order valence-electron chi connectivity index (χ1n) is 9.83. The molecule has 0 amide bonds. The van der Waals surface area contributed by atoms with Crippen molar-refractivity contribution >= 4 is 22.6 Å². The smallest absolute Gasteiger partial charge is 0.147 e.